The standard InChI is InChI=1S/C8H12ClF2NO2/c1-3-8(2,5(13)4-9)12-7(14)6(10)11/h6H,3-4H2,1-2H3,(H,12,14). The lowest BCUT2D eigenvalue weighted by molar-refractivity contribution is -0.137. The molecule has 0 rings (SSSR count). The van der Waals surface area contributed by atoms with Crippen molar-refractivity contribution in [3.05, 3.63) is 0 Å². The Bertz CT molecular complexity index is 235. The summed E-state index contributed by atoms with van der Waals surface area (Å²) >= 11 is 5.29. The molecule has 0 fully saturated rings. The summed E-state index contributed by atoms with van der Waals surface area (Å²) in [5, 5.41) is 1.97. The van der Waals surface area contributed by atoms with Crippen molar-refractivity contribution in [2.45, 2.75) is 32.2 Å². The summed E-state index contributed by atoms with van der Waals surface area (Å²) in [6.07, 6.45) is -2.90. The highest BCUT2D eigenvalue weighted by atomic mass is 35.5. The Hall–Kier alpha value is -0.710. The van der Waals surface area contributed by atoms with Gasteiger partial charge in [0.1, 0.15) is 0 Å². The number of amides is 1. The minimum absolute atomic E-state index is 0.219. The molecule has 0 aliphatic rings. The first-order valence-corrected chi connectivity index (χ1v) is 4.60. The predicted octanol–water partition coefficient (Wildman–Crippen LogP) is 1.34. The van der Waals surface area contributed by atoms with Crippen molar-refractivity contribution in [1.82, 2.24) is 5.32 Å². The minimum atomic E-state index is -3.12. The van der Waals surface area contributed by atoms with Crippen molar-refractivity contribution in [3.8, 4) is 0 Å². The molecule has 0 spiro atoms. The molecule has 0 aromatic rings. The largest absolute Gasteiger partial charge is 0.339 e. The maximum Gasteiger partial charge on any atom is 0.315 e. The summed E-state index contributed by atoms with van der Waals surface area (Å²) in [6, 6.07) is 0. The fourth-order valence-corrected chi connectivity index (χ4v) is 1.12. The van der Waals surface area contributed by atoms with Gasteiger partial charge in [-0.05, 0) is 13.3 Å². The van der Waals surface area contributed by atoms with Gasteiger partial charge in [-0.25, -0.2) is 0 Å². The van der Waals surface area contributed by atoms with E-state index < -0.39 is 23.7 Å². The van der Waals surface area contributed by atoms with Crippen LogP contribution in [0, 0.1) is 0 Å². The highest BCUT2D eigenvalue weighted by Gasteiger charge is 2.34. The Kier molecular flexibility index (Phi) is 4.97. The topological polar surface area (TPSA) is 46.2 Å². The molecule has 0 aromatic carbocycles. The lowest BCUT2D eigenvalue weighted by Crippen LogP contribution is -2.54. The number of hydrogen-bond acceptors (Lipinski definition) is 2. The number of Topliss-reactive ketones (excluding diaryl/α,β-unsaturated/α-hetero) is 1. The normalized spacial score (nSPS) is 15.0. The molecule has 3 nitrogen and oxygen atoms in total. The fourth-order valence-electron chi connectivity index (χ4n) is 0.829. The summed E-state index contributed by atoms with van der Waals surface area (Å²) in [5.41, 5.74) is -1.30. The molecule has 0 aliphatic heterocycles. The van der Waals surface area contributed by atoms with Crippen LogP contribution in [0.25, 0.3) is 0 Å². The van der Waals surface area contributed by atoms with Crippen LogP contribution in [0.15, 0.2) is 0 Å². The van der Waals surface area contributed by atoms with Gasteiger partial charge in [0.2, 0.25) is 0 Å². The van der Waals surface area contributed by atoms with Crippen LogP contribution in [-0.4, -0.2) is 29.5 Å². The van der Waals surface area contributed by atoms with Gasteiger partial charge in [-0.15, -0.1) is 11.6 Å². The molecule has 1 unspecified atom stereocenters. The zero-order valence-electron chi connectivity index (χ0n) is 7.94. The lowest BCUT2D eigenvalue weighted by atomic mass is 9.94. The van der Waals surface area contributed by atoms with E-state index in [1.165, 1.54) is 6.92 Å². The molecule has 6 heteroatoms. The SMILES string of the molecule is CCC(C)(NC(=O)C(F)F)C(=O)CCl. The molecule has 0 saturated carbocycles. The first-order valence-electron chi connectivity index (χ1n) is 4.06. The van der Waals surface area contributed by atoms with Gasteiger partial charge in [0, 0.05) is 0 Å². The van der Waals surface area contributed by atoms with Crippen LogP contribution in [-0.2, 0) is 9.59 Å². The number of carbonyl (C=O) groups is 2. The zero-order valence-corrected chi connectivity index (χ0v) is 8.70. The number of hydrogen-bond donors (Lipinski definition) is 1. The van der Waals surface area contributed by atoms with Crippen molar-refractivity contribution < 1.29 is 18.4 Å². The molecule has 0 radical (unpaired) electrons. The van der Waals surface area contributed by atoms with Crippen LogP contribution in [0.4, 0.5) is 8.78 Å². The molecule has 0 heterocycles. The summed E-state index contributed by atoms with van der Waals surface area (Å²) in [6.45, 7) is 2.98. The molecule has 1 atom stereocenters. The van der Waals surface area contributed by atoms with E-state index in [1.54, 1.807) is 6.92 Å². The summed E-state index contributed by atoms with van der Waals surface area (Å²) < 4.78 is 23.8. The molecule has 0 aromatic heterocycles. The molecule has 14 heavy (non-hydrogen) atoms. The Morgan fingerprint density at radius 3 is 2.29 bits per heavy atom. The molecule has 0 saturated heterocycles. The quantitative estimate of drug-likeness (QED) is 0.721. The third-order valence-electron chi connectivity index (χ3n) is 2.04. The molecule has 0 bridgehead atoms. The monoisotopic (exact) mass is 227 g/mol. The molecule has 0 aliphatic carbocycles. The first kappa shape index (κ1) is 13.3. The van der Waals surface area contributed by atoms with Crippen molar-refractivity contribution >= 4 is 23.3 Å². The van der Waals surface area contributed by atoms with E-state index in [0.717, 1.165) is 0 Å². The molecule has 82 valence electrons. The smallest absolute Gasteiger partial charge is 0.315 e. The van der Waals surface area contributed by atoms with Gasteiger partial charge >= 0.3 is 6.43 Å². The first-order chi connectivity index (χ1) is 6.37. The summed E-state index contributed by atoms with van der Waals surface area (Å²) in [5.74, 6) is -2.24. The Morgan fingerprint density at radius 1 is 1.50 bits per heavy atom. The van der Waals surface area contributed by atoms with E-state index in [4.69, 9.17) is 11.6 Å². The lowest BCUT2D eigenvalue weighted by Gasteiger charge is -2.26. The minimum Gasteiger partial charge on any atom is -0.339 e. The van der Waals surface area contributed by atoms with Gasteiger partial charge in [0.05, 0.1) is 11.4 Å². The highest BCUT2D eigenvalue weighted by molar-refractivity contribution is 6.29. The van der Waals surface area contributed by atoms with Crippen LogP contribution in [0.1, 0.15) is 20.3 Å². The number of nitrogens with one attached hydrogen (secondary N) is 1. The van der Waals surface area contributed by atoms with Crippen molar-refractivity contribution in [1.29, 1.82) is 0 Å². The second-order valence-corrected chi connectivity index (χ2v) is 3.30. The van der Waals surface area contributed by atoms with Crippen LogP contribution >= 0.6 is 11.6 Å². The van der Waals surface area contributed by atoms with Crippen molar-refractivity contribution in [3.63, 3.8) is 0 Å². The van der Waals surface area contributed by atoms with Gasteiger partial charge in [0.15, 0.2) is 5.78 Å². The highest BCUT2D eigenvalue weighted by Crippen LogP contribution is 2.12. The van der Waals surface area contributed by atoms with Gasteiger partial charge < -0.3 is 5.32 Å². The second-order valence-electron chi connectivity index (χ2n) is 3.03. The number of alkyl halides is 3. The van der Waals surface area contributed by atoms with Gasteiger partial charge in [0.25, 0.3) is 5.91 Å². The third-order valence-corrected chi connectivity index (χ3v) is 2.28. The zero-order chi connectivity index (χ0) is 11.4. The average Bonchev–Trinajstić information content (AvgIpc) is 2.15. The van der Waals surface area contributed by atoms with Crippen molar-refractivity contribution in [2.75, 3.05) is 5.88 Å². The Labute approximate surface area is 85.8 Å². The average molecular weight is 228 g/mol. The predicted molar refractivity (Wildman–Crippen MR) is 48.6 cm³/mol. The number of halogens is 3. The van der Waals surface area contributed by atoms with Crippen molar-refractivity contribution in [2.24, 2.45) is 0 Å². The Morgan fingerprint density at radius 2 is 2.00 bits per heavy atom. The molecular formula is C8H12ClF2NO2. The maximum atomic E-state index is 11.9. The van der Waals surface area contributed by atoms with Crippen LogP contribution in [0.2, 0.25) is 0 Å². The number of carbonyl (C=O) groups excluding carboxylic acids is 2. The second kappa shape index (κ2) is 5.24. The summed E-state index contributed by atoms with van der Waals surface area (Å²) in [4.78, 5) is 21.9. The van der Waals surface area contributed by atoms with E-state index in [0.29, 0.717) is 0 Å². The number of ketones is 1. The van der Waals surface area contributed by atoms with Crippen LogP contribution in [0.3, 0.4) is 0 Å². The van der Waals surface area contributed by atoms with E-state index >= 15 is 0 Å². The Balaban J connectivity index is 4.56. The maximum absolute atomic E-state index is 11.9. The van der Waals surface area contributed by atoms with Gasteiger partial charge in [-0.3, -0.25) is 9.59 Å². The molecule has 1 amide bonds. The van der Waals surface area contributed by atoms with E-state index in [1.807, 2.05) is 5.32 Å². The van der Waals surface area contributed by atoms with Gasteiger partial charge in [-0.2, -0.15) is 8.78 Å². The molecular weight excluding hydrogens is 216 g/mol. The van der Waals surface area contributed by atoms with E-state index in [9.17, 15) is 18.4 Å². The molecule has 1 N–H and O–H groups in total. The number of rotatable bonds is 5. The van der Waals surface area contributed by atoms with E-state index in [-0.39, 0.29) is 12.3 Å². The van der Waals surface area contributed by atoms with Gasteiger partial charge in [-0.1, -0.05) is 6.92 Å². The van der Waals surface area contributed by atoms with Crippen LogP contribution in [0.5, 0.6) is 0 Å². The van der Waals surface area contributed by atoms with E-state index in [2.05, 4.69) is 0 Å². The third kappa shape index (κ3) is 3.21. The fraction of sp³-hybridized carbons (Fsp3) is 0.750. The van der Waals surface area contributed by atoms with Crippen LogP contribution < -0.4 is 5.32 Å². The summed E-state index contributed by atoms with van der Waals surface area (Å²) in [7, 11) is 0.